The van der Waals surface area contributed by atoms with E-state index >= 15 is 0 Å². The zero-order valence-electron chi connectivity index (χ0n) is 81.8. The van der Waals surface area contributed by atoms with Crippen LogP contribution in [0.1, 0.15) is 74.9 Å². The molecule has 3 aliphatic rings. The van der Waals surface area contributed by atoms with E-state index in [0.29, 0.717) is 17.5 Å². The molecule has 9 heteroatoms. The van der Waals surface area contributed by atoms with E-state index in [0.717, 1.165) is 133 Å². The number of aromatic nitrogens is 9. The van der Waals surface area contributed by atoms with Gasteiger partial charge in [0.15, 0.2) is 17.5 Å². The van der Waals surface area contributed by atoms with Crippen LogP contribution in [0.15, 0.2) is 455 Å². The number of rotatable bonds is 12. The quantitative estimate of drug-likeness (QED) is 0.122. The van der Waals surface area contributed by atoms with Gasteiger partial charge in [0.25, 0.3) is 0 Å². The Hall–Kier alpha value is -18.6. The molecule has 0 saturated heterocycles. The van der Waals surface area contributed by atoms with Gasteiger partial charge in [-0.15, -0.1) is 0 Å². The van der Waals surface area contributed by atoms with E-state index in [1.54, 1.807) is 0 Å². The number of fused-ring (bicyclic) bond motifs is 27. The highest BCUT2D eigenvalue weighted by atomic mass is 15.1. The Labute approximate surface area is 848 Å². The summed E-state index contributed by atoms with van der Waals surface area (Å²) in [7, 11) is 0. The molecular formula is C138H93N9. The van der Waals surface area contributed by atoms with Crippen molar-refractivity contribution in [3.8, 4) is 135 Å². The van der Waals surface area contributed by atoms with Crippen molar-refractivity contribution in [1.82, 2.24) is 42.4 Å². The highest BCUT2D eigenvalue weighted by molar-refractivity contribution is 6.18. The number of para-hydroxylation sites is 6. The van der Waals surface area contributed by atoms with E-state index in [-0.39, 0.29) is 16.2 Å². The molecule has 31 rings (SSSR count). The van der Waals surface area contributed by atoms with Crippen molar-refractivity contribution < 1.29 is 0 Å². The summed E-state index contributed by atoms with van der Waals surface area (Å²) < 4.78 is 14.6. The molecule has 7 heterocycles. The molecule has 147 heavy (non-hydrogen) atoms. The minimum absolute atomic E-state index is 0.128. The maximum absolute atomic E-state index is 5.66. The van der Waals surface area contributed by atoms with Gasteiger partial charge in [0.05, 0.1) is 66.2 Å². The second-order valence-electron chi connectivity index (χ2n) is 42.2. The Morgan fingerprint density at radius 2 is 0.327 bits per heavy atom. The van der Waals surface area contributed by atoms with Crippen molar-refractivity contribution in [2.24, 2.45) is 0 Å². The van der Waals surface area contributed by atoms with E-state index in [9.17, 15) is 0 Å². The fraction of sp³-hybridized carbons (Fsp3) is 0.0652. The fourth-order valence-corrected chi connectivity index (χ4v) is 26.2. The summed E-state index contributed by atoms with van der Waals surface area (Å²) in [5.41, 5.74) is 45.4. The summed E-state index contributed by atoms with van der Waals surface area (Å²) in [5.74, 6) is 1.65. The highest BCUT2D eigenvalue weighted by Gasteiger charge is 2.40. The zero-order chi connectivity index (χ0) is 97.3. The molecule has 21 aromatic carbocycles. The molecule has 28 aromatic rings. The van der Waals surface area contributed by atoms with Gasteiger partial charge in [-0.1, -0.05) is 315 Å². The zero-order valence-corrected chi connectivity index (χ0v) is 81.8. The summed E-state index contributed by atoms with van der Waals surface area (Å²) >= 11 is 0. The smallest absolute Gasteiger partial charge is 0.164 e. The molecule has 0 saturated carbocycles. The monoisotopic (exact) mass is 1880 g/mol. The molecule has 0 spiro atoms. The molecule has 0 atom stereocenters. The van der Waals surface area contributed by atoms with E-state index < -0.39 is 0 Å². The number of benzene rings is 21. The first kappa shape index (κ1) is 83.1. The van der Waals surface area contributed by atoms with Crippen LogP contribution in [0.3, 0.4) is 0 Å². The molecule has 0 amide bonds. The Morgan fingerprint density at radius 1 is 0.136 bits per heavy atom. The van der Waals surface area contributed by atoms with Crippen LogP contribution in [0.25, 0.3) is 266 Å². The Kier molecular flexibility index (Phi) is 17.4. The first-order valence-corrected chi connectivity index (χ1v) is 51.2. The van der Waals surface area contributed by atoms with Crippen LogP contribution in [0.5, 0.6) is 0 Å². The van der Waals surface area contributed by atoms with Crippen LogP contribution >= 0.6 is 0 Å². The third kappa shape index (κ3) is 12.1. The molecule has 0 fully saturated rings. The Balaban J connectivity index is 0.523. The van der Waals surface area contributed by atoms with Crippen LogP contribution in [0.2, 0.25) is 0 Å². The van der Waals surface area contributed by atoms with Crippen LogP contribution < -0.4 is 0 Å². The second-order valence-corrected chi connectivity index (χ2v) is 42.2. The van der Waals surface area contributed by atoms with Gasteiger partial charge < -0.3 is 27.4 Å². The molecule has 9 nitrogen and oxygen atoms in total. The van der Waals surface area contributed by atoms with E-state index in [1.165, 1.54) is 149 Å². The average molecular weight is 1880 g/mol. The first-order chi connectivity index (χ1) is 72.1. The molecule has 0 aliphatic heterocycles. The summed E-state index contributed by atoms with van der Waals surface area (Å²) in [4.78, 5) is 17.0. The van der Waals surface area contributed by atoms with Gasteiger partial charge in [-0.05, 0) is 282 Å². The lowest BCUT2D eigenvalue weighted by Crippen LogP contribution is -2.15. The SMILES string of the molecule is CC1(C)c2ccccc2-c2ccc(-n3c4ccccc4c4cc(-c5ccc6c(c5)c5ccccc5n6-c5cccc(-c6nc(-c7cccc(-n8c9ccccc9c9cc(-c%10ccc%11c(c%10)c%10ccccc%10n%11-c%10ccc%11c(c%10)C(C)(C)c%10ccccc%10-%11)ccc98)c7)nc(-c7cccc(-n8c9ccccc9c9cc(-c%10ccc%11c(c%10)c%10ccccc%10n%11-c%10ccc%11c(c%10)C(C)(C)c%10ccccc%10-%11)ccc98)c7)n6)c5)ccc43)cc21. The van der Waals surface area contributed by atoms with Crippen molar-refractivity contribution in [2.75, 3.05) is 0 Å². The third-order valence-electron chi connectivity index (χ3n) is 33.2. The second kappa shape index (κ2) is 30.7. The van der Waals surface area contributed by atoms with Crippen LogP contribution in [0, 0.1) is 0 Å². The van der Waals surface area contributed by atoms with E-state index in [4.69, 9.17) is 15.0 Å². The lowest BCUT2D eigenvalue weighted by molar-refractivity contribution is 0.660. The molecular weight excluding hydrogens is 1780 g/mol. The number of hydrogen-bond acceptors (Lipinski definition) is 3. The molecule has 0 N–H and O–H groups in total. The maximum Gasteiger partial charge on any atom is 0.164 e. The number of hydrogen-bond donors (Lipinski definition) is 0. The molecule has 0 radical (unpaired) electrons. The molecule has 3 aliphatic carbocycles. The lowest BCUT2D eigenvalue weighted by Gasteiger charge is -2.22. The largest absolute Gasteiger partial charge is 0.309 e. The van der Waals surface area contributed by atoms with Crippen LogP contribution in [-0.4, -0.2) is 42.4 Å². The molecule has 7 aromatic heterocycles. The predicted molar refractivity (Wildman–Crippen MR) is 611 cm³/mol. The Bertz CT molecular complexity index is 9690. The maximum atomic E-state index is 5.66. The summed E-state index contributed by atoms with van der Waals surface area (Å²) in [6.07, 6.45) is 0. The van der Waals surface area contributed by atoms with Crippen LogP contribution in [-0.2, 0) is 16.2 Å². The first-order valence-electron chi connectivity index (χ1n) is 51.2. The van der Waals surface area contributed by atoms with Crippen molar-refractivity contribution in [2.45, 2.75) is 57.8 Å². The van der Waals surface area contributed by atoms with Gasteiger partial charge in [-0.25, -0.2) is 15.0 Å². The predicted octanol–water partition coefficient (Wildman–Crippen LogP) is 35.4. The number of nitrogens with zero attached hydrogens (tertiary/aromatic N) is 9. The highest BCUT2D eigenvalue weighted by Crippen LogP contribution is 2.55. The summed E-state index contributed by atoms with van der Waals surface area (Å²) in [6, 6.07) is 170. The summed E-state index contributed by atoms with van der Waals surface area (Å²) in [5, 5.41) is 14.3. The van der Waals surface area contributed by atoms with Gasteiger partial charge in [-0.3, -0.25) is 0 Å². The van der Waals surface area contributed by atoms with Gasteiger partial charge in [0, 0.05) is 132 Å². The van der Waals surface area contributed by atoms with E-state index in [1.807, 2.05) is 0 Å². The molecule has 0 unspecified atom stereocenters. The standard InChI is InChI=1S/C138H93N9/c1-136(2)115-43-16-7-34-97(115)100-61-58-94(79-118(100)136)145-124-49-22-13-40-106(124)112-76-85(55-67-130(112)145)82-52-64-127-109(73-82)103-37-10-19-46-121(103)142(127)91-31-25-28-88(70-91)133-139-134(89-29-26-32-92(71-89)143-122-47-20-11-38-104(122)110-74-83(53-65-128(110)143)86-56-68-131-113(77-86)107-41-14-23-50-125(107)146(131)95-59-62-101-98-35-8-17-44-116(98)137(3,4)119(101)80-95)141-135(140-133)90-30-27-33-93(72-90)144-123-48-21-12-39-105(123)111-75-84(54-66-129(111)144)87-57-69-132-114(78-87)108-42-15-24-51-126(108)147(132)96-60-63-102-99-36-9-18-45-117(99)138(5,6)120(102)81-96/h7-81H,1-6H3. The fourth-order valence-electron chi connectivity index (χ4n) is 26.2. The average Bonchev–Trinajstić information content (AvgIpc) is 1.57. The third-order valence-corrected chi connectivity index (χ3v) is 33.2. The minimum Gasteiger partial charge on any atom is -0.309 e. The van der Waals surface area contributed by atoms with Gasteiger partial charge in [0.1, 0.15) is 0 Å². The topological polar surface area (TPSA) is 68.2 Å². The van der Waals surface area contributed by atoms with Gasteiger partial charge in [0.2, 0.25) is 0 Å². The normalized spacial score (nSPS) is 13.7. The molecule has 0 bridgehead atoms. The minimum atomic E-state index is -0.128. The van der Waals surface area contributed by atoms with Crippen LogP contribution in [0.4, 0.5) is 0 Å². The van der Waals surface area contributed by atoms with Crippen molar-refractivity contribution in [3.63, 3.8) is 0 Å². The van der Waals surface area contributed by atoms with E-state index in [2.05, 4.69) is 524 Å². The summed E-state index contributed by atoms with van der Waals surface area (Å²) in [6.45, 7) is 14.2. The molecule has 690 valence electrons. The van der Waals surface area contributed by atoms with Crippen molar-refractivity contribution in [1.29, 1.82) is 0 Å². The van der Waals surface area contributed by atoms with Crippen molar-refractivity contribution >= 4 is 131 Å². The van der Waals surface area contributed by atoms with Crippen molar-refractivity contribution in [3.05, 3.63) is 488 Å². The lowest BCUT2D eigenvalue weighted by atomic mass is 9.82. The Morgan fingerprint density at radius 3 is 0.558 bits per heavy atom. The van der Waals surface area contributed by atoms with Gasteiger partial charge in [-0.2, -0.15) is 0 Å². The van der Waals surface area contributed by atoms with Gasteiger partial charge >= 0.3 is 0 Å².